The average molecular weight is 402 g/mol. The zero-order valence-corrected chi connectivity index (χ0v) is 17.4. The third-order valence-corrected chi connectivity index (χ3v) is 4.27. The molecule has 0 aromatic carbocycles. The second-order valence-corrected chi connectivity index (χ2v) is 6.20. The summed E-state index contributed by atoms with van der Waals surface area (Å²) in [5.74, 6) is 0.576. The Morgan fingerprint density at radius 1 is 0.929 bits per heavy atom. The van der Waals surface area contributed by atoms with Crippen LogP contribution >= 0.6 is 0 Å². The van der Waals surface area contributed by atoms with Crippen molar-refractivity contribution in [1.29, 1.82) is 0 Å². The summed E-state index contributed by atoms with van der Waals surface area (Å²) in [5.41, 5.74) is 0.521. The summed E-state index contributed by atoms with van der Waals surface area (Å²) in [6, 6.07) is 0. The fraction of sp³-hybridized carbons (Fsp3) is 0.750. The second-order valence-electron chi connectivity index (χ2n) is 6.20. The Morgan fingerprint density at radius 2 is 1.54 bits per heavy atom. The lowest BCUT2D eigenvalue weighted by Crippen LogP contribution is -2.33. The SMILES string of the molecule is COCCN(CCOC)CCOCCOCCOC1=C(C=O)C=CCC1OC. The number of nitrogens with zero attached hydrogens (tertiary/aromatic N) is 1. The van der Waals surface area contributed by atoms with Gasteiger partial charge in [0.2, 0.25) is 0 Å². The van der Waals surface area contributed by atoms with Crippen molar-refractivity contribution >= 4 is 6.29 Å². The molecule has 0 fully saturated rings. The molecule has 0 amide bonds. The van der Waals surface area contributed by atoms with Gasteiger partial charge >= 0.3 is 0 Å². The van der Waals surface area contributed by atoms with Crippen molar-refractivity contribution in [2.24, 2.45) is 0 Å². The van der Waals surface area contributed by atoms with E-state index in [0.29, 0.717) is 64.0 Å². The lowest BCUT2D eigenvalue weighted by atomic mass is 10.0. The standard InChI is InChI=1S/C20H35NO7/c1-23-10-7-21(8-11-24-2)9-12-26-13-14-27-15-16-28-20-18(17-22)5-4-6-19(20)25-3/h4-5,17,19H,6-16H2,1-3H3. The summed E-state index contributed by atoms with van der Waals surface area (Å²) >= 11 is 0. The highest BCUT2D eigenvalue weighted by Crippen LogP contribution is 2.21. The van der Waals surface area contributed by atoms with Crippen LogP contribution in [-0.4, -0.2) is 105 Å². The van der Waals surface area contributed by atoms with Crippen molar-refractivity contribution in [3.05, 3.63) is 23.5 Å². The Hall–Kier alpha value is -1.29. The number of methoxy groups -OCH3 is 3. The van der Waals surface area contributed by atoms with Crippen LogP contribution in [0.3, 0.4) is 0 Å². The topological polar surface area (TPSA) is 75.7 Å². The largest absolute Gasteiger partial charge is 0.492 e. The van der Waals surface area contributed by atoms with Crippen molar-refractivity contribution < 1.29 is 33.2 Å². The molecule has 1 rings (SSSR count). The van der Waals surface area contributed by atoms with Crippen LogP contribution in [0, 0.1) is 0 Å². The molecular formula is C20H35NO7. The molecule has 162 valence electrons. The predicted molar refractivity (Wildman–Crippen MR) is 105 cm³/mol. The number of carbonyl (C=O) groups is 1. The predicted octanol–water partition coefficient (Wildman–Crippen LogP) is 1.06. The highest BCUT2D eigenvalue weighted by atomic mass is 16.6. The highest BCUT2D eigenvalue weighted by Gasteiger charge is 2.21. The van der Waals surface area contributed by atoms with E-state index in [1.54, 1.807) is 27.4 Å². The lowest BCUT2D eigenvalue weighted by molar-refractivity contribution is -0.105. The molecule has 1 unspecified atom stereocenters. The van der Waals surface area contributed by atoms with E-state index in [2.05, 4.69) is 4.90 Å². The van der Waals surface area contributed by atoms with Gasteiger partial charge in [0.15, 0.2) is 6.29 Å². The summed E-state index contributed by atoms with van der Waals surface area (Å²) in [6.45, 7) is 6.34. The molecule has 0 saturated carbocycles. The first-order valence-electron chi connectivity index (χ1n) is 9.64. The van der Waals surface area contributed by atoms with Crippen LogP contribution in [0.25, 0.3) is 0 Å². The molecule has 0 aromatic rings. The van der Waals surface area contributed by atoms with E-state index in [1.165, 1.54) is 0 Å². The zero-order chi connectivity index (χ0) is 20.5. The van der Waals surface area contributed by atoms with Gasteiger partial charge in [0, 0.05) is 41.0 Å². The van der Waals surface area contributed by atoms with Crippen LogP contribution in [0.15, 0.2) is 23.5 Å². The number of rotatable bonds is 18. The zero-order valence-electron chi connectivity index (χ0n) is 17.4. The number of aldehydes is 1. The number of ether oxygens (including phenoxy) is 6. The molecule has 0 saturated heterocycles. The van der Waals surface area contributed by atoms with Crippen LogP contribution in [0.5, 0.6) is 0 Å². The van der Waals surface area contributed by atoms with E-state index in [0.717, 1.165) is 25.9 Å². The lowest BCUT2D eigenvalue weighted by Gasteiger charge is -2.22. The number of hydrogen-bond donors (Lipinski definition) is 0. The Labute approximate surface area is 168 Å². The quantitative estimate of drug-likeness (QED) is 0.249. The van der Waals surface area contributed by atoms with Gasteiger partial charge in [-0.3, -0.25) is 9.69 Å². The van der Waals surface area contributed by atoms with Gasteiger partial charge in [-0.05, 0) is 6.42 Å². The smallest absolute Gasteiger partial charge is 0.153 e. The maximum absolute atomic E-state index is 11.1. The van der Waals surface area contributed by atoms with Gasteiger partial charge in [-0.1, -0.05) is 12.2 Å². The van der Waals surface area contributed by atoms with E-state index in [1.807, 2.05) is 6.08 Å². The molecule has 0 spiro atoms. The Balaban J connectivity index is 2.10. The molecule has 1 aliphatic rings. The third-order valence-electron chi connectivity index (χ3n) is 4.27. The van der Waals surface area contributed by atoms with Gasteiger partial charge in [0.05, 0.1) is 45.2 Å². The van der Waals surface area contributed by atoms with Gasteiger partial charge in [-0.2, -0.15) is 0 Å². The molecule has 1 atom stereocenters. The molecule has 8 heteroatoms. The minimum Gasteiger partial charge on any atom is -0.492 e. The van der Waals surface area contributed by atoms with Crippen LogP contribution < -0.4 is 0 Å². The average Bonchev–Trinajstić information content (AvgIpc) is 2.73. The van der Waals surface area contributed by atoms with Gasteiger partial charge in [0.1, 0.15) is 18.5 Å². The highest BCUT2D eigenvalue weighted by molar-refractivity contribution is 5.79. The van der Waals surface area contributed by atoms with E-state index in [-0.39, 0.29) is 6.10 Å². The first kappa shape index (κ1) is 24.7. The van der Waals surface area contributed by atoms with Crippen molar-refractivity contribution in [2.45, 2.75) is 12.5 Å². The van der Waals surface area contributed by atoms with Crippen molar-refractivity contribution in [3.8, 4) is 0 Å². The monoisotopic (exact) mass is 401 g/mol. The van der Waals surface area contributed by atoms with Crippen molar-refractivity contribution in [1.82, 2.24) is 4.90 Å². The normalized spacial score (nSPS) is 16.8. The molecule has 1 aliphatic carbocycles. The Bertz CT molecular complexity index is 459. The van der Waals surface area contributed by atoms with E-state index < -0.39 is 0 Å². The first-order chi connectivity index (χ1) is 13.8. The molecule has 0 aliphatic heterocycles. The Morgan fingerprint density at radius 3 is 2.14 bits per heavy atom. The number of allylic oxidation sites excluding steroid dienone is 2. The number of hydrogen-bond acceptors (Lipinski definition) is 8. The molecule has 0 bridgehead atoms. The van der Waals surface area contributed by atoms with Crippen LogP contribution in [0.4, 0.5) is 0 Å². The van der Waals surface area contributed by atoms with Crippen molar-refractivity contribution in [3.63, 3.8) is 0 Å². The van der Waals surface area contributed by atoms with Gasteiger partial charge in [-0.25, -0.2) is 0 Å². The van der Waals surface area contributed by atoms with E-state index in [9.17, 15) is 4.79 Å². The summed E-state index contributed by atoms with van der Waals surface area (Å²) < 4.78 is 32.4. The maximum atomic E-state index is 11.1. The van der Waals surface area contributed by atoms with Crippen molar-refractivity contribution in [2.75, 3.05) is 87.2 Å². The molecule has 0 aromatic heterocycles. The van der Waals surface area contributed by atoms with E-state index >= 15 is 0 Å². The van der Waals surface area contributed by atoms with E-state index in [4.69, 9.17) is 28.4 Å². The maximum Gasteiger partial charge on any atom is 0.153 e. The van der Waals surface area contributed by atoms with Gasteiger partial charge < -0.3 is 28.4 Å². The summed E-state index contributed by atoms with van der Waals surface area (Å²) in [7, 11) is 5.00. The third kappa shape index (κ3) is 10.3. The fourth-order valence-electron chi connectivity index (χ4n) is 2.67. The summed E-state index contributed by atoms with van der Waals surface area (Å²) in [4.78, 5) is 13.4. The van der Waals surface area contributed by atoms with Gasteiger partial charge in [0.25, 0.3) is 0 Å². The van der Waals surface area contributed by atoms with Crippen LogP contribution in [-0.2, 0) is 33.2 Å². The molecule has 0 heterocycles. The molecule has 0 N–H and O–H groups in total. The molecule has 8 nitrogen and oxygen atoms in total. The minimum absolute atomic E-state index is 0.215. The summed E-state index contributed by atoms with van der Waals surface area (Å²) in [6.07, 6.45) is 4.94. The second kappa shape index (κ2) is 16.6. The summed E-state index contributed by atoms with van der Waals surface area (Å²) in [5, 5.41) is 0. The molecular weight excluding hydrogens is 366 g/mol. The van der Waals surface area contributed by atoms with Gasteiger partial charge in [-0.15, -0.1) is 0 Å². The van der Waals surface area contributed by atoms with Crippen LogP contribution in [0.1, 0.15) is 6.42 Å². The Kier molecular flexibility index (Phi) is 14.7. The number of carbonyl (C=O) groups excluding carboxylic acids is 1. The molecule has 0 radical (unpaired) electrons. The molecule has 28 heavy (non-hydrogen) atoms. The fourth-order valence-corrected chi connectivity index (χ4v) is 2.67. The van der Waals surface area contributed by atoms with Crippen LogP contribution in [0.2, 0.25) is 0 Å². The minimum atomic E-state index is -0.215. The first-order valence-corrected chi connectivity index (χ1v) is 9.64.